The van der Waals surface area contributed by atoms with Gasteiger partial charge in [0.2, 0.25) is 0 Å². The lowest BCUT2D eigenvalue weighted by Gasteiger charge is -2.56. The van der Waals surface area contributed by atoms with Crippen LogP contribution in [0.3, 0.4) is 0 Å². The summed E-state index contributed by atoms with van der Waals surface area (Å²) in [4.78, 5) is 0. The highest BCUT2D eigenvalue weighted by Gasteiger charge is 2.71. The van der Waals surface area contributed by atoms with Crippen LogP contribution in [0.25, 0.3) is 0 Å². The molecule has 2 saturated heterocycles. The molecule has 2 heterocycles. The van der Waals surface area contributed by atoms with E-state index in [1.54, 1.807) is 0 Å². The van der Waals surface area contributed by atoms with Gasteiger partial charge in [0.1, 0.15) is 48.8 Å². The van der Waals surface area contributed by atoms with Gasteiger partial charge in [-0.05, 0) is 0 Å². The van der Waals surface area contributed by atoms with E-state index in [1.165, 1.54) is 0 Å². The van der Waals surface area contributed by atoms with Crippen LogP contribution in [0.5, 0.6) is 0 Å². The Labute approximate surface area is 135 Å². The molecule has 2 aliphatic rings. The van der Waals surface area contributed by atoms with Crippen LogP contribution in [0.4, 0.5) is 0 Å². The van der Waals surface area contributed by atoms with Crippen LogP contribution in [0.2, 0.25) is 0 Å². The van der Waals surface area contributed by atoms with Gasteiger partial charge in [0.25, 0.3) is 11.6 Å². The monoisotopic (exact) mass is 358 g/mol. The summed E-state index contributed by atoms with van der Waals surface area (Å²) in [7, 11) is 0. The number of hydrogen-bond donors (Lipinski definition) is 10. The molecule has 0 amide bonds. The van der Waals surface area contributed by atoms with E-state index < -0.39 is 73.6 Å². The molecule has 0 spiro atoms. The molecule has 0 saturated carbocycles. The zero-order valence-corrected chi connectivity index (χ0v) is 12.3. The third-order valence-electron chi connectivity index (χ3n) is 4.45. The van der Waals surface area contributed by atoms with Crippen molar-refractivity contribution in [3.63, 3.8) is 0 Å². The van der Waals surface area contributed by atoms with E-state index in [0.29, 0.717) is 0 Å². The Morgan fingerprint density at radius 1 is 0.583 bits per heavy atom. The lowest BCUT2D eigenvalue weighted by atomic mass is 9.80. The second kappa shape index (κ2) is 6.68. The largest absolute Gasteiger partial charge is 0.394 e. The van der Waals surface area contributed by atoms with Gasteiger partial charge in [-0.15, -0.1) is 0 Å². The van der Waals surface area contributed by atoms with Gasteiger partial charge in [-0.2, -0.15) is 0 Å². The minimum Gasteiger partial charge on any atom is -0.394 e. The maximum atomic E-state index is 10.5. The van der Waals surface area contributed by atoms with Crippen LogP contribution in [0, 0.1) is 0 Å². The lowest BCUT2D eigenvalue weighted by Crippen LogP contribution is -2.81. The predicted octanol–water partition coefficient (Wildman–Crippen LogP) is -6.69. The molecule has 24 heavy (non-hydrogen) atoms. The second-order valence-electron chi connectivity index (χ2n) is 5.92. The van der Waals surface area contributed by atoms with E-state index in [9.17, 15) is 40.9 Å². The zero-order chi connectivity index (χ0) is 18.4. The maximum Gasteiger partial charge on any atom is 0.254 e. The number of rotatable bonds is 3. The van der Waals surface area contributed by atoms with Crippen LogP contribution in [0.1, 0.15) is 0 Å². The SMILES string of the molecule is OC[C@H]1O[C@](O)(C2(O)O[C@H](CO)[C@@H](O)[C@H](O)[C@H]2O)[C@H](O)[C@@H](O)[C@H]1O. The quantitative estimate of drug-likeness (QED) is 0.227. The maximum absolute atomic E-state index is 10.5. The Morgan fingerprint density at radius 2 is 0.875 bits per heavy atom. The van der Waals surface area contributed by atoms with E-state index in [0.717, 1.165) is 0 Å². The van der Waals surface area contributed by atoms with E-state index >= 15 is 0 Å². The van der Waals surface area contributed by atoms with Gasteiger partial charge in [0.05, 0.1) is 13.2 Å². The normalized spacial score (nSPS) is 56.2. The first kappa shape index (κ1) is 19.8. The molecule has 0 aromatic carbocycles. The average molecular weight is 358 g/mol. The van der Waals surface area contributed by atoms with E-state index in [2.05, 4.69) is 0 Å². The summed E-state index contributed by atoms with van der Waals surface area (Å²) in [6.45, 7) is -1.90. The highest BCUT2D eigenvalue weighted by molar-refractivity contribution is 5.09. The van der Waals surface area contributed by atoms with Crippen LogP contribution in [-0.2, 0) is 9.47 Å². The van der Waals surface area contributed by atoms with Crippen molar-refractivity contribution >= 4 is 0 Å². The Hall–Kier alpha value is -0.480. The van der Waals surface area contributed by atoms with E-state index in [-0.39, 0.29) is 0 Å². The summed E-state index contributed by atoms with van der Waals surface area (Å²) in [5, 5.41) is 98.3. The first-order valence-corrected chi connectivity index (χ1v) is 7.15. The van der Waals surface area contributed by atoms with Crippen LogP contribution < -0.4 is 0 Å². The molecule has 10 atom stereocenters. The molecule has 2 rings (SSSR count). The van der Waals surface area contributed by atoms with E-state index in [4.69, 9.17) is 19.7 Å². The number of hydrogen-bond acceptors (Lipinski definition) is 12. The van der Waals surface area contributed by atoms with Gasteiger partial charge < -0.3 is 60.5 Å². The summed E-state index contributed by atoms with van der Waals surface area (Å²) in [6, 6.07) is 0. The second-order valence-corrected chi connectivity index (χ2v) is 5.92. The smallest absolute Gasteiger partial charge is 0.254 e. The van der Waals surface area contributed by atoms with Crippen LogP contribution >= 0.6 is 0 Å². The third kappa shape index (κ3) is 2.65. The Bertz CT molecular complexity index is 406. The molecule has 0 aliphatic carbocycles. The molecular weight excluding hydrogens is 336 g/mol. The van der Waals surface area contributed by atoms with Crippen LogP contribution in [-0.4, -0.2) is 125 Å². The fourth-order valence-electron chi connectivity index (χ4n) is 2.90. The minimum absolute atomic E-state index is 0.950. The van der Waals surface area contributed by atoms with Crippen molar-refractivity contribution < 1.29 is 60.5 Å². The Balaban J connectivity index is 2.45. The number of aliphatic hydroxyl groups excluding tert-OH is 8. The standard InChI is InChI=1S/C12H22O12/c13-1-3-5(15)7(17)9(19)11(21,23-3)12(22)10(20)8(18)6(16)4(2-14)24-12/h3-10,13-22H,1-2H2/t3-,4-,5-,6+,7+,8+,9-,10-,11?,12+/m1/s1. The molecular formula is C12H22O12. The fourth-order valence-corrected chi connectivity index (χ4v) is 2.90. The highest BCUT2D eigenvalue weighted by atomic mass is 16.7. The third-order valence-corrected chi connectivity index (χ3v) is 4.45. The Morgan fingerprint density at radius 3 is 1.12 bits per heavy atom. The first-order chi connectivity index (χ1) is 11.0. The van der Waals surface area contributed by atoms with Crippen molar-refractivity contribution in [3.05, 3.63) is 0 Å². The molecule has 10 N–H and O–H groups in total. The van der Waals surface area contributed by atoms with Gasteiger partial charge in [-0.1, -0.05) is 0 Å². The van der Waals surface area contributed by atoms with Crippen molar-refractivity contribution in [1.82, 2.24) is 0 Å². The van der Waals surface area contributed by atoms with E-state index in [1.807, 2.05) is 0 Å². The molecule has 0 radical (unpaired) electrons. The fraction of sp³-hybridized carbons (Fsp3) is 1.00. The molecule has 12 nitrogen and oxygen atoms in total. The summed E-state index contributed by atoms with van der Waals surface area (Å²) in [6.07, 6.45) is -16.2. The molecule has 142 valence electrons. The summed E-state index contributed by atoms with van der Waals surface area (Å²) < 4.78 is 9.69. The van der Waals surface area contributed by atoms with Gasteiger partial charge >= 0.3 is 0 Å². The summed E-state index contributed by atoms with van der Waals surface area (Å²) >= 11 is 0. The van der Waals surface area contributed by atoms with Gasteiger partial charge in [0.15, 0.2) is 0 Å². The van der Waals surface area contributed by atoms with Gasteiger partial charge in [0, 0.05) is 0 Å². The molecule has 0 aromatic rings. The summed E-state index contributed by atoms with van der Waals surface area (Å²) in [5.74, 6) is -6.65. The van der Waals surface area contributed by atoms with Crippen LogP contribution in [0.15, 0.2) is 0 Å². The summed E-state index contributed by atoms with van der Waals surface area (Å²) in [5.41, 5.74) is 0. The lowest BCUT2D eigenvalue weighted by molar-refractivity contribution is -0.490. The number of ether oxygens (including phenoxy) is 2. The van der Waals surface area contributed by atoms with Crippen molar-refractivity contribution in [2.45, 2.75) is 60.4 Å². The first-order valence-electron chi connectivity index (χ1n) is 7.15. The number of aliphatic hydroxyl groups is 10. The highest BCUT2D eigenvalue weighted by Crippen LogP contribution is 2.43. The molecule has 0 bridgehead atoms. The van der Waals surface area contributed by atoms with Gasteiger partial charge in [-0.25, -0.2) is 0 Å². The van der Waals surface area contributed by atoms with Crippen molar-refractivity contribution in [3.8, 4) is 0 Å². The molecule has 1 unspecified atom stereocenters. The molecule has 2 aliphatic heterocycles. The molecule has 12 heteroatoms. The van der Waals surface area contributed by atoms with Crippen molar-refractivity contribution in [2.75, 3.05) is 13.2 Å². The molecule has 2 fully saturated rings. The minimum atomic E-state index is -3.33. The topological polar surface area (TPSA) is 221 Å². The predicted molar refractivity (Wildman–Crippen MR) is 69.9 cm³/mol. The van der Waals surface area contributed by atoms with Crippen molar-refractivity contribution in [2.24, 2.45) is 0 Å². The Kier molecular flexibility index (Phi) is 5.52. The van der Waals surface area contributed by atoms with Crippen molar-refractivity contribution in [1.29, 1.82) is 0 Å². The van der Waals surface area contributed by atoms with Gasteiger partial charge in [-0.3, -0.25) is 0 Å². The zero-order valence-electron chi connectivity index (χ0n) is 12.3. The molecule has 0 aromatic heterocycles. The average Bonchev–Trinajstić information content (AvgIpc) is 2.57.